The van der Waals surface area contributed by atoms with Crippen molar-refractivity contribution in [1.82, 2.24) is 39.5 Å². The molecule has 0 atom stereocenters. The monoisotopic (exact) mass is 354 g/mol. The van der Waals surface area contributed by atoms with E-state index < -0.39 is 0 Å². The van der Waals surface area contributed by atoms with Gasteiger partial charge in [-0.05, 0) is 19.8 Å². The largest absolute Gasteiger partial charge is 0.384 e. The first-order chi connectivity index (χ1) is 12.7. The predicted octanol–water partition coefficient (Wildman–Crippen LogP) is 0.694. The van der Waals surface area contributed by atoms with Crippen LogP contribution in [-0.2, 0) is 13.1 Å². The molecule has 4 heterocycles. The number of rotatable bonds is 5. The molecule has 0 bridgehead atoms. The third-order valence-corrected chi connectivity index (χ3v) is 4.80. The summed E-state index contributed by atoms with van der Waals surface area (Å²) >= 11 is 0. The topological polar surface area (TPSA) is 116 Å². The zero-order valence-electron chi connectivity index (χ0n) is 14.7. The molecular formula is C16H22N10. The summed E-state index contributed by atoms with van der Waals surface area (Å²) in [7, 11) is 0. The van der Waals surface area contributed by atoms with Gasteiger partial charge in [0.05, 0.1) is 0 Å². The van der Waals surface area contributed by atoms with Crippen LogP contribution in [0.25, 0.3) is 0 Å². The summed E-state index contributed by atoms with van der Waals surface area (Å²) in [5.41, 5.74) is 5.77. The van der Waals surface area contributed by atoms with E-state index in [1.807, 2.05) is 6.07 Å². The molecule has 3 aromatic rings. The molecule has 0 aromatic carbocycles. The Kier molecular flexibility index (Phi) is 4.46. The zero-order chi connectivity index (χ0) is 17.9. The molecule has 4 rings (SSSR count). The lowest BCUT2D eigenvalue weighted by atomic mass is 9.96. The Morgan fingerprint density at radius 3 is 2.69 bits per heavy atom. The van der Waals surface area contributed by atoms with Crippen LogP contribution < -0.4 is 10.6 Å². The first kappa shape index (κ1) is 16.4. The van der Waals surface area contributed by atoms with Gasteiger partial charge in [0, 0.05) is 31.6 Å². The molecule has 0 spiro atoms. The highest BCUT2D eigenvalue weighted by molar-refractivity contribution is 5.46. The van der Waals surface area contributed by atoms with E-state index in [4.69, 9.17) is 5.73 Å². The summed E-state index contributed by atoms with van der Waals surface area (Å²) in [5.74, 6) is 3.76. The molecule has 0 unspecified atom stereocenters. The second-order valence-corrected chi connectivity index (χ2v) is 6.37. The number of nitrogen functional groups attached to an aromatic ring is 1. The Bertz CT molecular complexity index is 848. The molecule has 1 aliphatic rings. The molecule has 136 valence electrons. The van der Waals surface area contributed by atoms with Crippen LogP contribution in [0.5, 0.6) is 0 Å². The molecule has 0 aliphatic carbocycles. The third-order valence-electron chi connectivity index (χ3n) is 4.80. The zero-order valence-corrected chi connectivity index (χ0v) is 14.7. The van der Waals surface area contributed by atoms with E-state index >= 15 is 0 Å². The van der Waals surface area contributed by atoms with Crippen molar-refractivity contribution >= 4 is 11.6 Å². The lowest BCUT2D eigenvalue weighted by molar-refractivity contribution is 0.461. The van der Waals surface area contributed by atoms with Gasteiger partial charge in [-0.3, -0.25) is 0 Å². The summed E-state index contributed by atoms with van der Waals surface area (Å²) in [6.07, 6.45) is 6.75. The van der Waals surface area contributed by atoms with Crippen molar-refractivity contribution in [2.75, 3.05) is 23.7 Å². The molecule has 26 heavy (non-hydrogen) atoms. The van der Waals surface area contributed by atoms with Crippen LogP contribution in [0.2, 0.25) is 0 Å². The fourth-order valence-corrected chi connectivity index (χ4v) is 3.47. The highest BCUT2D eigenvalue weighted by Gasteiger charge is 2.26. The fourth-order valence-electron chi connectivity index (χ4n) is 3.47. The number of piperidine rings is 1. The minimum Gasteiger partial charge on any atom is -0.384 e. The van der Waals surface area contributed by atoms with E-state index in [2.05, 4.69) is 46.6 Å². The molecule has 1 fully saturated rings. The molecule has 0 radical (unpaired) electrons. The number of hydrogen-bond donors (Lipinski definition) is 1. The molecule has 0 amide bonds. The van der Waals surface area contributed by atoms with Crippen molar-refractivity contribution in [1.29, 1.82) is 0 Å². The van der Waals surface area contributed by atoms with Gasteiger partial charge in [0.25, 0.3) is 0 Å². The maximum absolute atomic E-state index is 5.77. The van der Waals surface area contributed by atoms with E-state index in [1.165, 1.54) is 12.7 Å². The van der Waals surface area contributed by atoms with E-state index in [-0.39, 0.29) is 0 Å². The number of aromatic nitrogens is 8. The van der Waals surface area contributed by atoms with Gasteiger partial charge in [-0.15, -0.1) is 10.2 Å². The SMILES string of the molecule is CCn1c(Cn2cncn2)nnc1C1CCN(c2cc(N)ncn2)CC1. The normalized spacial score (nSPS) is 15.5. The summed E-state index contributed by atoms with van der Waals surface area (Å²) < 4.78 is 3.97. The van der Waals surface area contributed by atoms with Gasteiger partial charge in [-0.25, -0.2) is 19.6 Å². The van der Waals surface area contributed by atoms with Gasteiger partial charge < -0.3 is 15.2 Å². The van der Waals surface area contributed by atoms with Gasteiger partial charge in [0.2, 0.25) is 0 Å². The van der Waals surface area contributed by atoms with Gasteiger partial charge in [0.15, 0.2) is 5.82 Å². The van der Waals surface area contributed by atoms with Gasteiger partial charge >= 0.3 is 0 Å². The second-order valence-electron chi connectivity index (χ2n) is 6.37. The van der Waals surface area contributed by atoms with E-state index in [0.717, 1.165) is 49.9 Å². The molecule has 2 N–H and O–H groups in total. The summed E-state index contributed by atoms with van der Waals surface area (Å²) in [4.78, 5) is 14.5. The molecule has 10 heteroatoms. The van der Waals surface area contributed by atoms with Crippen molar-refractivity contribution in [2.24, 2.45) is 0 Å². The van der Waals surface area contributed by atoms with Crippen molar-refractivity contribution in [2.45, 2.75) is 38.8 Å². The average molecular weight is 354 g/mol. The number of anilines is 2. The summed E-state index contributed by atoms with van der Waals surface area (Å²) in [5, 5.41) is 13.0. The van der Waals surface area contributed by atoms with Crippen LogP contribution >= 0.6 is 0 Å². The highest BCUT2D eigenvalue weighted by atomic mass is 15.4. The Labute approximate surface area is 151 Å². The minimum absolute atomic E-state index is 0.391. The standard InChI is InChI=1S/C16H22N10/c1-2-26-15(8-25-11-18-9-21-25)22-23-16(26)12-3-5-24(6-4-12)14-7-13(17)19-10-20-14/h7,9-12H,2-6,8H2,1H3,(H2,17,19,20). The fraction of sp³-hybridized carbons (Fsp3) is 0.500. The number of nitrogens with zero attached hydrogens (tertiary/aromatic N) is 9. The lowest BCUT2D eigenvalue weighted by Crippen LogP contribution is -2.34. The van der Waals surface area contributed by atoms with Crippen LogP contribution in [-0.4, -0.2) is 52.6 Å². The third kappa shape index (κ3) is 3.22. The molecule has 10 nitrogen and oxygen atoms in total. The van der Waals surface area contributed by atoms with Gasteiger partial charge in [0.1, 0.15) is 43.0 Å². The van der Waals surface area contributed by atoms with E-state index in [0.29, 0.717) is 18.3 Å². The Hall–Kier alpha value is -3.04. The van der Waals surface area contributed by atoms with Gasteiger partial charge in [-0.2, -0.15) is 5.10 Å². The Balaban J connectivity index is 1.46. The molecule has 3 aromatic heterocycles. The molecule has 1 aliphatic heterocycles. The Morgan fingerprint density at radius 2 is 2.00 bits per heavy atom. The second kappa shape index (κ2) is 7.06. The van der Waals surface area contributed by atoms with Crippen molar-refractivity contribution in [3.8, 4) is 0 Å². The smallest absolute Gasteiger partial charge is 0.154 e. The molecular weight excluding hydrogens is 332 g/mol. The average Bonchev–Trinajstić information content (AvgIpc) is 3.32. The Morgan fingerprint density at radius 1 is 1.15 bits per heavy atom. The lowest BCUT2D eigenvalue weighted by Gasteiger charge is -2.32. The van der Waals surface area contributed by atoms with E-state index in [9.17, 15) is 0 Å². The van der Waals surface area contributed by atoms with Crippen LogP contribution in [0, 0.1) is 0 Å². The van der Waals surface area contributed by atoms with Crippen LogP contribution in [0.4, 0.5) is 11.6 Å². The van der Waals surface area contributed by atoms with Crippen molar-refractivity contribution < 1.29 is 0 Å². The maximum atomic E-state index is 5.77. The predicted molar refractivity (Wildman–Crippen MR) is 95.5 cm³/mol. The summed E-state index contributed by atoms with van der Waals surface area (Å²) in [6.45, 7) is 5.37. The summed E-state index contributed by atoms with van der Waals surface area (Å²) in [6, 6.07) is 1.82. The maximum Gasteiger partial charge on any atom is 0.154 e. The number of nitrogens with two attached hydrogens (primary N) is 1. The van der Waals surface area contributed by atoms with Crippen LogP contribution in [0.15, 0.2) is 25.0 Å². The van der Waals surface area contributed by atoms with Crippen LogP contribution in [0.1, 0.15) is 37.3 Å². The molecule has 0 saturated carbocycles. The van der Waals surface area contributed by atoms with Gasteiger partial charge in [-0.1, -0.05) is 0 Å². The quantitative estimate of drug-likeness (QED) is 0.711. The molecule has 1 saturated heterocycles. The van der Waals surface area contributed by atoms with Crippen LogP contribution in [0.3, 0.4) is 0 Å². The van der Waals surface area contributed by atoms with E-state index in [1.54, 1.807) is 11.0 Å². The number of hydrogen-bond acceptors (Lipinski definition) is 8. The van der Waals surface area contributed by atoms with Crippen molar-refractivity contribution in [3.63, 3.8) is 0 Å². The minimum atomic E-state index is 0.391. The van der Waals surface area contributed by atoms with Crippen molar-refractivity contribution in [3.05, 3.63) is 36.7 Å². The first-order valence-corrected chi connectivity index (χ1v) is 8.81. The highest BCUT2D eigenvalue weighted by Crippen LogP contribution is 2.29. The first-order valence-electron chi connectivity index (χ1n) is 8.81.